The van der Waals surface area contributed by atoms with Crippen LogP contribution in [0.25, 0.3) is 0 Å². The highest BCUT2D eigenvalue weighted by molar-refractivity contribution is 4.92. The molecule has 182 valence electrons. The second-order valence-electron chi connectivity index (χ2n) is 10.4. The first-order chi connectivity index (χ1) is 15.1. The second kappa shape index (κ2) is 18.8. The van der Waals surface area contributed by atoms with Crippen LogP contribution in [0.4, 0.5) is 0 Å². The van der Waals surface area contributed by atoms with Crippen LogP contribution in [0, 0.1) is 0 Å². The summed E-state index contributed by atoms with van der Waals surface area (Å²) in [5, 5.41) is 0. The predicted octanol–water partition coefficient (Wildman–Crippen LogP) is 9.52. The molecule has 0 bridgehead atoms. The van der Waals surface area contributed by atoms with E-state index >= 15 is 0 Å². The lowest BCUT2D eigenvalue weighted by molar-refractivity contribution is -0.705. The van der Waals surface area contributed by atoms with Crippen LogP contribution in [0.15, 0.2) is 12.4 Å². The molecule has 0 fully saturated rings. The van der Waals surface area contributed by atoms with Gasteiger partial charge in [-0.1, -0.05) is 124 Å². The Morgan fingerprint density at radius 2 is 1.10 bits per heavy atom. The number of aryl methyl sites for hydroxylation is 1. The molecule has 0 aliphatic rings. The molecule has 0 N–H and O–H groups in total. The van der Waals surface area contributed by atoms with Gasteiger partial charge in [-0.3, -0.25) is 0 Å². The lowest BCUT2D eigenvalue weighted by Crippen LogP contribution is -2.38. The van der Waals surface area contributed by atoms with Crippen molar-refractivity contribution < 1.29 is 4.57 Å². The molecular weight excluding hydrogens is 376 g/mol. The molecule has 1 unspecified atom stereocenters. The molecule has 0 saturated carbocycles. The minimum atomic E-state index is 0.593. The van der Waals surface area contributed by atoms with Gasteiger partial charge < -0.3 is 0 Å². The van der Waals surface area contributed by atoms with Crippen molar-refractivity contribution >= 4 is 0 Å². The minimum absolute atomic E-state index is 0.593. The van der Waals surface area contributed by atoms with Gasteiger partial charge in [-0.05, 0) is 26.2 Å². The van der Waals surface area contributed by atoms with E-state index in [0.29, 0.717) is 12.0 Å². The molecular formula is C29H57N2+. The fourth-order valence-electron chi connectivity index (χ4n) is 5.03. The Bertz CT molecular complexity index is 517. The molecule has 2 heteroatoms. The topological polar surface area (TPSA) is 8.81 Å². The molecule has 0 amide bonds. The van der Waals surface area contributed by atoms with E-state index in [1.807, 2.05) is 0 Å². The summed E-state index contributed by atoms with van der Waals surface area (Å²) in [4.78, 5) is 0. The van der Waals surface area contributed by atoms with Gasteiger partial charge in [0.2, 0.25) is 0 Å². The number of unbranched alkanes of at least 4 members (excludes halogenated alkanes) is 15. The largest absolute Gasteiger partial charge is 0.259 e. The van der Waals surface area contributed by atoms with E-state index < -0.39 is 0 Å². The zero-order valence-corrected chi connectivity index (χ0v) is 22.1. The maximum atomic E-state index is 2.53. The van der Waals surface area contributed by atoms with E-state index in [2.05, 4.69) is 56.1 Å². The summed E-state index contributed by atoms with van der Waals surface area (Å²) in [7, 11) is 0. The molecule has 1 atom stereocenters. The SMILES string of the molecule is CCCCCCCCCCCCCCCCCC[n+]1ccn(C(C)CCC)c1C(C)C. The van der Waals surface area contributed by atoms with Crippen molar-refractivity contribution in [2.24, 2.45) is 0 Å². The second-order valence-corrected chi connectivity index (χ2v) is 10.4. The van der Waals surface area contributed by atoms with Crippen molar-refractivity contribution in [1.29, 1.82) is 0 Å². The molecule has 1 aromatic heterocycles. The van der Waals surface area contributed by atoms with Crippen molar-refractivity contribution in [1.82, 2.24) is 4.57 Å². The monoisotopic (exact) mass is 433 g/mol. The van der Waals surface area contributed by atoms with Gasteiger partial charge in [0.25, 0.3) is 5.82 Å². The number of imidazole rings is 1. The van der Waals surface area contributed by atoms with E-state index in [9.17, 15) is 0 Å². The van der Waals surface area contributed by atoms with Crippen LogP contribution in [0.3, 0.4) is 0 Å². The molecule has 0 aromatic carbocycles. The Labute approximate surface area is 196 Å². The van der Waals surface area contributed by atoms with E-state index in [1.54, 1.807) is 0 Å². The summed E-state index contributed by atoms with van der Waals surface area (Å²) in [6.07, 6.45) is 30.2. The van der Waals surface area contributed by atoms with Crippen LogP contribution in [0.2, 0.25) is 0 Å². The van der Waals surface area contributed by atoms with Gasteiger partial charge in [0.15, 0.2) is 0 Å². The van der Waals surface area contributed by atoms with E-state index in [4.69, 9.17) is 0 Å². The third-order valence-corrected chi connectivity index (χ3v) is 6.92. The summed E-state index contributed by atoms with van der Waals surface area (Å²) in [6.45, 7) is 12.8. The molecule has 31 heavy (non-hydrogen) atoms. The first-order valence-corrected chi connectivity index (χ1v) is 14.2. The van der Waals surface area contributed by atoms with E-state index in [-0.39, 0.29) is 0 Å². The van der Waals surface area contributed by atoms with Crippen LogP contribution in [-0.4, -0.2) is 4.57 Å². The standard InChI is InChI=1S/C29H57N2/c1-6-8-9-10-11-12-13-14-15-16-17-18-19-20-21-22-24-30-25-26-31(28(5)23-7-2)29(30)27(3)4/h25-28H,6-24H2,1-5H3/q+1. The Morgan fingerprint density at radius 3 is 1.52 bits per heavy atom. The van der Waals surface area contributed by atoms with Gasteiger partial charge in [-0.25, -0.2) is 9.13 Å². The Balaban J connectivity index is 2.02. The van der Waals surface area contributed by atoms with Crippen molar-refractivity contribution in [2.75, 3.05) is 0 Å². The van der Waals surface area contributed by atoms with Crippen LogP contribution in [0.5, 0.6) is 0 Å². The van der Waals surface area contributed by atoms with Crippen LogP contribution in [0.1, 0.15) is 168 Å². The number of aromatic nitrogens is 2. The highest BCUT2D eigenvalue weighted by atomic mass is 15.2. The smallest absolute Gasteiger partial charge is 0.234 e. The first-order valence-electron chi connectivity index (χ1n) is 14.2. The molecule has 1 rings (SSSR count). The number of hydrogen-bond acceptors (Lipinski definition) is 0. The van der Waals surface area contributed by atoms with Crippen molar-refractivity contribution in [3.05, 3.63) is 18.2 Å². The molecule has 2 nitrogen and oxygen atoms in total. The maximum Gasteiger partial charge on any atom is 0.259 e. The van der Waals surface area contributed by atoms with Crippen molar-refractivity contribution in [2.45, 2.75) is 169 Å². The number of nitrogens with zero attached hydrogens (tertiary/aromatic N) is 2. The van der Waals surface area contributed by atoms with E-state index in [1.165, 1.54) is 128 Å². The van der Waals surface area contributed by atoms with Gasteiger partial charge in [0.05, 0.1) is 18.5 Å². The van der Waals surface area contributed by atoms with Gasteiger partial charge >= 0.3 is 0 Å². The highest BCUT2D eigenvalue weighted by Crippen LogP contribution is 2.20. The average Bonchev–Trinajstić information content (AvgIpc) is 3.18. The lowest BCUT2D eigenvalue weighted by atomic mass is 10.0. The number of rotatable bonds is 21. The third kappa shape index (κ3) is 12.7. The summed E-state index contributed by atoms with van der Waals surface area (Å²) in [6, 6.07) is 0.620. The van der Waals surface area contributed by atoms with Gasteiger partial charge in [0, 0.05) is 0 Å². The van der Waals surface area contributed by atoms with Crippen LogP contribution < -0.4 is 4.57 Å². The first kappa shape index (κ1) is 28.2. The highest BCUT2D eigenvalue weighted by Gasteiger charge is 2.23. The van der Waals surface area contributed by atoms with Gasteiger partial charge in [-0.2, -0.15) is 0 Å². The summed E-state index contributed by atoms with van der Waals surface area (Å²) < 4.78 is 5.06. The zero-order valence-electron chi connectivity index (χ0n) is 22.1. The Kier molecular flexibility index (Phi) is 17.1. The summed E-state index contributed by atoms with van der Waals surface area (Å²) in [5.41, 5.74) is 0. The molecule has 0 radical (unpaired) electrons. The maximum absolute atomic E-state index is 2.53. The summed E-state index contributed by atoms with van der Waals surface area (Å²) in [5.74, 6) is 2.11. The predicted molar refractivity (Wildman–Crippen MR) is 138 cm³/mol. The molecule has 0 aliphatic carbocycles. The fourth-order valence-corrected chi connectivity index (χ4v) is 5.03. The van der Waals surface area contributed by atoms with Gasteiger partial charge in [0.1, 0.15) is 12.4 Å². The minimum Gasteiger partial charge on any atom is -0.234 e. The molecule has 0 saturated heterocycles. The molecule has 1 aromatic rings. The molecule has 0 spiro atoms. The van der Waals surface area contributed by atoms with E-state index in [0.717, 1.165) is 0 Å². The van der Waals surface area contributed by atoms with Crippen LogP contribution in [-0.2, 0) is 6.54 Å². The van der Waals surface area contributed by atoms with Crippen LogP contribution >= 0.6 is 0 Å². The third-order valence-electron chi connectivity index (χ3n) is 6.92. The zero-order chi connectivity index (χ0) is 22.7. The number of hydrogen-bond donors (Lipinski definition) is 0. The molecule has 1 heterocycles. The summed E-state index contributed by atoms with van der Waals surface area (Å²) >= 11 is 0. The Morgan fingerprint density at radius 1 is 0.645 bits per heavy atom. The fraction of sp³-hybridized carbons (Fsp3) is 0.897. The van der Waals surface area contributed by atoms with Crippen molar-refractivity contribution in [3.63, 3.8) is 0 Å². The lowest BCUT2D eigenvalue weighted by Gasteiger charge is -2.13. The van der Waals surface area contributed by atoms with Crippen molar-refractivity contribution in [3.8, 4) is 0 Å². The van der Waals surface area contributed by atoms with Gasteiger partial charge in [-0.15, -0.1) is 0 Å². The normalized spacial score (nSPS) is 12.7. The molecule has 0 aliphatic heterocycles. The Hall–Kier alpha value is -0.790. The average molecular weight is 434 g/mol. The quantitative estimate of drug-likeness (QED) is 0.135.